The fraction of sp³-hybridized carbons (Fsp3) is 0. The van der Waals surface area contributed by atoms with Crippen LogP contribution in [0.25, 0.3) is 10.9 Å². The molecule has 1 heteroatoms. The number of rotatable bonds is 0. The Balaban J connectivity index is 2.95. The van der Waals surface area contributed by atoms with E-state index in [0.717, 1.165) is 0 Å². The van der Waals surface area contributed by atoms with Crippen molar-refractivity contribution in [3.8, 4) is 0 Å². The number of H-pyrrole nitrogens is 1. The third-order valence-electron chi connectivity index (χ3n) is 1.46. The Bertz CT molecular complexity index is 279. The van der Waals surface area contributed by atoms with Gasteiger partial charge in [-0.1, -0.05) is 18.2 Å². The van der Waals surface area contributed by atoms with Gasteiger partial charge in [0.15, 0.2) is 0 Å². The molecule has 2 rings (SSSR count). The van der Waals surface area contributed by atoms with Crippen molar-refractivity contribution in [2.24, 2.45) is 0 Å². The third kappa shape index (κ3) is 0.617. The van der Waals surface area contributed by atoms with Crippen molar-refractivity contribution < 1.29 is 0 Å². The molecule has 0 saturated heterocycles. The summed E-state index contributed by atoms with van der Waals surface area (Å²) in [6.45, 7) is 0. The number of aromatic amines is 1. The van der Waals surface area contributed by atoms with E-state index in [-0.39, 0.29) is 0 Å². The van der Waals surface area contributed by atoms with Gasteiger partial charge in [0, 0.05) is 11.7 Å². The van der Waals surface area contributed by atoms with E-state index >= 15 is 0 Å². The first-order valence-electron chi connectivity index (χ1n) is 2.99. The van der Waals surface area contributed by atoms with Crippen molar-refractivity contribution in [1.29, 1.82) is 0 Å². The Hall–Kier alpha value is -1.24. The van der Waals surface area contributed by atoms with Gasteiger partial charge in [-0.3, -0.25) is 0 Å². The van der Waals surface area contributed by atoms with Crippen LogP contribution >= 0.6 is 0 Å². The topological polar surface area (TPSA) is 15.8 Å². The fourth-order valence-corrected chi connectivity index (χ4v) is 0.995. The normalized spacial score (nSPS) is 10.2. The van der Waals surface area contributed by atoms with Crippen LogP contribution in [0.2, 0.25) is 0 Å². The van der Waals surface area contributed by atoms with Crippen molar-refractivity contribution >= 4 is 10.9 Å². The Morgan fingerprint density at radius 3 is 2.78 bits per heavy atom. The van der Waals surface area contributed by atoms with Crippen LogP contribution in [0.1, 0.15) is 0 Å². The lowest BCUT2D eigenvalue weighted by Crippen LogP contribution is -1.61. The number of benzene rings is 1. The molecule has 0 saturated carbocycles. The van der Waals surface area contributed by atoms with Gasteiger partial charge in [0.1, 0.15) is 0 Å². The predicted molar refractivity (Wildman–Crippen MR) is 38.3 cm³/mol. The lowest BCUT2D eigenvalue weighted by molar-refractivity contribution is 1.48. The van der Waals surface area contributed by atoms with Crippen LogP contribution in [-0.2, 0) is 0 Å². The van der Waals surface area contributed by atoms with Gasteiger partial charge < -0.3 is 4.98 Å². The van der Waals surface area contributed by atoms with E-state index in [1.165, 1.54) is 10.9 Å². The SMILES string of the molecule is c1ccc2[nH][13cH]cc2c1. The molecular formula is C8H7N. The van der Waals surface area contributed by atoms with E-state index in [4.69, 9.17) is 0 Å². The molecule has 9 heavy (non-hydrogen) atoms. The molecule has 0 aliphatic heterocycles. The third-order valence-corrected chi connectivity index (χ3v) is 1.46. The smallest absolute Gasteiger partial charge is 0.0453 e. The first kappa shape index (κ1) is 4.62. The minimum absolute atomic E-state index is 1.21. The molecule has 0 fully saturated rings. The molecule has 1 aromatic heterocycles. The van der Waals surface area contributed by atoms with Crippen LogP contribution in [0.5, 0.6) is 0 Å². The summed E-state index contributed by atoms with van der Waals surface area (Å²) in [5.74, 6) is 0. The number of para-hydroxylation sites is 1. The van der Waals surface area contributed by atoms with Gasteiger partial charge >= 0.3 is 0 Å². The van der Waals surface area contributed by atoms with Crippen LogP contribution in [-0.4, -0.2) is 4.98 Å². The van der Waals surface area contributed by atoms with Gasteiger partial charge in [0.2, 0.25) is 0 Å². The second kappa shape index (κ2) is 1.62. The summed E-state index contributed by atoms with van der Waals surface area (Å²) in [5, 5.41) is 1.28. The summed E-state index contributed by atoms with van der Waals surface area (Å²) in [6.07, 6.45) is 1.95. The molecule has 2 aromatic rings. The standard InChI is InChI=1S/C8H7N/c1-2-4-8-7(3-1)5-6-9-8/h1-6,9H/i6+1. The largest absolute Gasteiger partial charge is 0.361 e. The average Bonchev–Trinajstić information content (AvgIpc) is 2.33. The van der Waals surface area contributed by atoms with Crippen molar-refractivity contribution in [3.05, 3.63) is 36.5 Å². The van der Waals surface area contributed by atoms with Crippen molar-refractivity contribution in [2.75, 3.05) is 0 Å². The number of hydrogen-bond acceptors (Lipinski definition) is 0. The average molecular weight is 118 g/mol. The molecule has 0 spiro atoms. The molecule has 0 aliphatic carbocycles. The van der Waals surface area contributed by atoms with Crippen LogP contribution < -0.4 is 0 Å². The summed E-state index contributed by atoms with van der Waals surface area (Å²) in [5.41, 5.74) is 1.21. The molecule has 0 aliphatic rings. The minimum Gasteiger partial charge on any atom is -0.361 e. The maximum absolute atomic E-state index is 3.12. The molecule has 0 bridgehead atoms. The van der Waals surface area contributed by atoms with Crippen molar-refractivity contribution in [3.63, 3.8) is 0 Å². The first-order valence-corrected chi connectivity index (χ1v) is 2.99. The van der Waals surface area contributed by atoms with Crippen molar-refractivity contribution in [2.45, 2.75) is 0 Å². The van der Waals surface area contributed by atoms with E-state index in [2.05, 4.69) is 23.2 Å². The van der Waals surface area contributed by atoms with E-state index in [0.29, 0.717) is 0 Å². The summed E-state index contributed by atoms with van der Waals surface area (Å²) in [6, 6.07) is 10.3. The van der Waals surface area contributed by atoms with E-state index in [1.54, 1.807) is 0 Å². The zero-order valence-corrected chi connectivity index (χ0v) is 4.96. The van der Waals surface area contributed by atoms with Crippen LogP contribution in [0.3, 0.4) is 0 Å². The van der Waals surface area contributed by atoms with Gasteiger partial charge in [0.05, 0.1) is 0 Å². The predicted octanol–water partition coefficient (Wildman–Crippen LogP) is 2.17. The van der Waals surface area contributed by atoms with E-state index < -0.39 is 0 Å². The lowest BCUT2D eigenvalue weighted by atomic mass is 10.3. The Kier molecular flexibility index (Phi) is 0.833. The second-order valence-corrected chi connectivity index (χ2v) is 2.06. The van der Waals surface area contributed by atoms with Crippen molar-refractivity contribution in [1.82, 2.24) is 4.98 Å². The maximum atomic E-state index is 3.12. The Labute approximate surface area is 53.3 Å². The number of aromatic nitrogens is 1. The monoisotopic (exact) mass is 118 g/mol. The molecule has 0 amide bonds. The maximum Gasteiger partial charge on any atom is 0.0453 e. The molecule has 44 valence electrons. The summed E-state index contributed by atoms with van der Waals surface area (Å²) in [4.78, 5) is 3.12. The minimum atomic E-state index is 1.21. The molecule has 1 nitrogen and oxygen atoms in total. The highest BCUT2D eigenvalue weighted by molar-refractivity contribution is 5.78. The van der Waals surface area contributed by atoms with Gasteiger partial charge in [-0.25, -0.2) is 0 Å². The highest BCUT2D eigenvalue weighted by Crippen LogP contribution is 2.09. The summed E-state index contributed by atoms with van der Waals surface area (Å²) < 4.78 is 0. The first-order chi connectivity index (χ1) is 4.47. The van der Waals surface area contributed by atoms with Gasteiger partial charge in [0.25, 0.3) is 0 Å². The number of hydrogen-bond donors (Lipinski definition) is 1. The van der Waals surface area contributed by atoms with Crippen LogP contribution in [0.15, 0.2) is 36.5 Å². The number of fused-ring (bicyclic) bond motifs is 1. The van der Waals surface area contributed by atoms with E-state index in [1.807, 2.05) is 18.3 Å². The molecule has 0 radical (unpaired) electrons. The van der Waals surface area contributed by atoms with Gasteiger partial charge in [-0.05, 0) is 17.5 Å². The molecule has 0 unspecified atom stereocenters. The second-order valence-electron chi connectivity index (χ2n) is 2.06. The molecule has 0 atom stereocenters. The lowest BCUT2D eigenvalue weighted by Gasteiger charge is -1.83. The van der Waals surface area contributed by atoms with Crippen LogP contribution in [0, 0.1) is 0 Å². The number of nitrogens with one attached hydrogen (secondary N) is 1. The molecule has 1 N–H and O–H groups in total. The quantitative estimate of drug-likeness (QED) is 0.545. The highest BCUT2D eigenvalue weighted by atomic mass is 14.8. The zero-order valence-electron chi connectivity index (χ0n) is 4.96. The zero-order chi connectivity index (χ0) is 6.10. The molecular weight excluding hydrogens is 111 g/mol. The van der Waals surface area contributed by atoms with E-state index in [9.17, 15) is 0 Å². The van der Waals surface area contributed by atoms with Gasteiger partial charge in [-0.15, -0.1) is 0 Å². The summed E-state index contributed by atoms with van der Waals surface area (Å²) in [7, 11) is 0. The van der Waals surface area contributed by atoms with Gasteiger partial charge in [-0.2, -0.15) is 0 Å². The Morgan fingerprint density at radius 1 is 1.00 bits per heavy atom. The fourth-order valence-electron chi connectivity index (χ4n) is 0.995. The summed E-state index contributed by atoms with van der Waals surface area (Å²) >= 11 is 0. The van der Waals surface area contributed by atoms with Crippen LogP contribution in [0.4, 0.5) is 0 Å². The molecule has 1 aromatic carbocycles. The highest BCUT2D eigenvalue weighted by Gasteiger charge is 1.86. The Morgan fingerprint density at radius 2 is 1.89 bits per heavy atom. The molecule has 1 heterocycles.